The first-order valence-electron chi connectivity index (χ1n) is 4.13. The van der Waals surface area contributed by atoms with Crippen molar-refractivity contribution in [1.82, 2.24) is 4.57 Å². The third kappa shape index (κ3) is 2.34. The molecule has 0 spiro atoms. The van der Waals surface area contributed by atoms with Gasteiger partial charge in [0.25, 0.3) is 0 Å². The van der Waals surface area contributed by atoms with Crippen molar-refractivity contribution in [3.8, 4) is 0 Å². The van der Waals surface area contributed by atoms with Crippen LogP contribution in [0.5, 0.6) is 0 Å². The molecule has 0 aliphatic rings. The summed E-state index contributed by atoms with van der Waals surface area (Å²) in [7, 11) is 1.39. The van der Waals surface area contributed by atoms with Crippen LogP contribution in [0.2, 0.25) is 0 Å². The van der Waals surface area contributed by atoms with Gasteiger partial charge < -0.3 is 9.30 Å². The first-order valence-corrected chi connectivity index (χ1v) is 4.92. The number of rotatable bonds is 3. The molecule has 0 aromatic carbocycles. The number of carbonyl (C=O) groups is 1. The third-order valence-corrected chi connectivity index (χ3v) is 2.16. The zero-order valence-electron chi connectivity index (χ0n) is 7.71. The van der Waals surface area contributed by atoms with Gasteiger partial charge in [-0.3, -0.25) is 0 Å². The number of esters is 1. The van der Waals surface area contributed by atoms with Crippen LogP contribution in [0.4, 0.5) is 0 Å². The van der Waals surface area contributed by atoms with Crippen molar-refractivity contribution in [3.05, 3.63) is 22.4 Å². The summed E-state index contributed by atoms with van der Waals surface area (Å²) in [6.45, 7) is 2.89. The second-order valence-electron chi connectivity index (χ2n) is 2.73. The van der Waals surface area contributed by atoms with Crippen LogP contribution < -0.4 is 0 Å². The summed E-state index contributed by atoms with van der Waals surface area (Å²) in [6.07, 6.45) is 2.88. The molecule has 1 aromatic heterocycles. The first kappa shape index (κ1) is 10.3. The van der Waals surface area contributed by atoms with Crippen molar-refractivity contribution in [2.45, 2.75) is 19.9 Å². The van der Waals surface area contributed by atoms with Gasteiger partial charge in [0.05, 0.1) is 7.11 Å². The van der Waals surface area contributed by atoms with Crippen molar-refractivity contribution in [2.75, 3.05) is 7.11 Å². The molecule has 0 amide bonds. The Morgan fingerprint density at radius 3 is 2.92 bits per heavy atom. The molecule has 13 heavy (non-hydrogen) atoms. The molecule has 0 saturated carbocycles. The van der Waals surface area contributed by atoms with Crippen LogP contribution in [0.15, 0.2) is 16.7 Å². The van der Waals surface area contributed by atoms with E-state index in [1.807, 2.05) is 10.8 Å². The molecule has 0 saturated heterocycles. The molecule has 0 aliphatic carbocycles. The number of aryl methyl sites for hydroxylation is 1. The zero-order chi connectivity index (χ0) is 9.84. The lowest BCUT2D eigenvalue weighted by Crippen LogP contribution is -2.09. The summed E-state index contributed by atoms with van der Waals surface area (Å²) >= 11 is 3.32. The fourth-order valence-corrected chi connectivity index (χ4v) is 1.64. The molecule has 72 valence electrons. The average Bonchev–Trinajstić information content (AvgIpc) is 2.46. The lowest BCUT2D eigenvalue weighted by atomic mass is 10.4. The Kier molecular flexibility index (Phi) is 3.54. The largest absolute Gasteiger partial charge is 0.464 e. The highest BCUT2D eigenvalue weighted by atomic mass is 79.9. The summed E-state index contributed by atoms with van der Waals surface area (Å²) in [5, 5.41) is 0. The number of hydrogen-bond donors (Lipinski definition) is 0. The van der Waals surface area contributed by atoms with E-state index in [9.17, 15) is 4.79 Å². The van der Waals surface area contributed by atoms with Crippen molar-refractivity contribution in [3.63, 3.8) is 0 Å². The van der Waals surface area contributed by atoms with E-state index >= 15 is 0 Å². The number of aromatic nitrogens is 1. The Bertz CT molecular complexity index is 307. The maximum atomic E-state index is 11.3. The standard InChI is InChI=1S/C9H12BrNO2/c1-3-4-11-6-7(10)5-8(11)9(12)13-2/h5-6H,3-4H2,1-2H3. The van der Waals surface area contributed by atoms with Crippen LogP contribution in [-0.4, -0.2) is 17.6 Å². The van der Waals surface area contributed by atoms with Gasteiger partial charge >= 0.3 is 5.97 Å². The van der Waals surface area contributed by atoms with Gasteiger partial charge in [0.2, 0.25) is 0 Å². The number of nitrogens with zero attached hydrogens (tertiary/aromatic N) is 1. The molecular formula is C9H12BrNO2. The van der Waals surface area contributed by atoms with E-state index in [0.717, 1.165) is 17.4 Å². The molecule has 0 unspecified atom stereocenters. The smallest absolute Gasteiger partial charge is 0.354 e. The summed E-state index contributed by atoms with van der Waals surface area (Å²) < 4.78 is 7.44. The van der Waals surface area contributed by atoms with Gasteiger partial charge in [0.15, 0.2) is 0 Å². The van der Waals surface area contributed by atoms with E-state index in [0.29, 0.717) is 5.69 Å². The van der Waals surface area contributed by atoms with Gasteiger partial charge in [-0.05, 0) is 28.4 Å². The molecule has 1 rings (SSSR count). The molecule has 0 fully saturated rings. The zero-order valence-corrected chi connectivity index (χ0v) is 9.30. The molecule has 1 heterocycles. The average molecular weight is 246 g/mol. The van der Waals surface area contributed by atoms with E-state index < -0.39 is 0 Å². The summed E-state index contributed by atoms with van der Waals surface area (Å²) in [5.41, 5.74) is 0.594. The molecule has 3 nitrogen and oxygen atoms in total. The minimum atomic E-state index is -0.292. The van der Waals surface area contributed by atoms with Gasteiger partial charge in [-0.15, -0.1) is 0 Å². The van der Waals surface area contributed by atoms with Gasteiger partial charge in [-0.25, -0.2) is 4.79 Å². The summed E-state index contributed by atoms with van der Waals surface area (Å²) in [6, 6.07) is 1.77. The monoisotopic (exact) mass is 245 g/mol. The maximum Gasteiger partial charge on any atom is 0.354 e. The number of ether oxygens (including phenoxy) is 1. The van der Waals surface area contributed by atoms with Crippen LogP contribution in [0.1, 0.15) is 23.8 Å². The van der Waals surface area contributed by atoms with Crippen LogP contribution in [0.25, 0.3) is 0 Å². The van der Waals surface area contributed by atoms with Gasteiger partial charge in [-0.1, -0.05) is 6.92 Å². The Balaban J connectivity index is 2.96. The predicted molar refractivity (Wildman–Crippen MR) is 53.8 cm³/mol. The SMILES string of the molecule is CCCn1cc(Br)cc1C(=O)OC. The Hall–Kier alpha value is -0.770. The van der Waals surface area contributed by atoms with E-state index in [1.54, 1.807) is 6.07 Å². The molecule has 0 radical (unpaired) electrons. The van der Waals surface area contributed by atoms with Crippen molar-refractivity contribution < 1.29 is 9.53 Å². The minimum absolute atomic E-state index is 0.292. The number of carbonyl (C=O) groups excluding carboxylic acids is 1. The van der Waals surface area contributed by atoms with Crippen LogP contribution >= 0.6 is 15.9 Å². The van der Waals surface area contributed by atoms with Crippen LogP contribution in [0.3, 0.4) is 0 Å². The Morgan fingerprint density at radius 1 is 1.69 bits per heavy atom. The molecule has 0 N–H and O–H groups in total. The van der Waals surface area contributed by atoms with E-state index in [1.165, 1.54) is 7.11 Å². The number of hydrogen-bond acceptors (Lipinski definition) is 2. The van der Waals surface area contributed by atoms with Crippen molar-refractivity contribution in [1.29, 1.82) is 0 Å². The normalized spacial score (nSPS) is 10.1. The van der Waals surface area contributed by atoms with Gasteiger partial charge in [0, 0.05) is 17.2 Å². The summed E-state index contributed by atoms with van der Waals surface area (Å²) in [4.78, 5) is 11.3. The van der Waals surface area contributed by atoms with E-state index in [2.05, 4.69) is 27.6 Å². The minimum Gasteiger partial charge on any atom is -0.464 e. The Morgan fingerprint density at radius 2 is 2.38 bits per heavy atom. The number of halogens is 1. The molecule has 0 atom stereocenters. The van der Waals surface area contributed by atoms with Crippen molar-refractivity contribution in [2.24, 2.45) is 0 Å². The topological polar surface area (TPSA) is 31.2 Å². The van der Waals surface area contributed by atoms with E-state index in [-0.39, 0.29) is 5.97 Å². The molecule has 0 bridgehead atoms. The lowest BCUT2D eigenvalue weighted by molar-refractivity contribution is 0.0588. The Labute approximate surface area is 85.8 Å². The first-order chi connectivity index (χ1) is 6.19. The highest BCUT2D eigenvalue weighted by Gasteiger charge is 2.12. The fourth-order valence-electron chi connectivity index (χ4n) is 1.18. The predicted octanol–water partition coefficient (Wildman–Crippen LogP) is 2.45. The lowest BCUT2D eigenvalue weighted by Gasteiger charge is -2.04. The highest BCUT2D eigenvalue weighted by Crippen LogP contribution is 2.16. The van der Waals surface area contributed by atoms with E-state index in [4.69, 9.17) is 0 Å². The highest BCUT2D eigenvalue weighted by molar-refractivity contribution is 9.10. The maximum absolute atomic E-state index is 11.3. The second kappa shape index (κ2) is 4.46. The number of methoxy groups -OCH3 is 1. The molecular weight excluding hydrogens is 234 g/mol. The molecule has 0 aliphatic heterocycles. The van der Waals surface area contributed by atoms with Gasteiger partial charge in [0.1, 0.15) is 5.69 Å². The molecule has 1 aromatic rings. The quantitative estimate of drug-likeness (QED) is 0.767. The van der Waals surface area contributed by atoms with Crippen LogP contribution in [-0.2, 0) is 11.3 Å². The fraction of sp³-hybridized carbons (Fsp3) is 0.444. The van der Waals surface area contributed by atoms with Crippen molar-refractivity contribution >= 4 is 21.9 Å². The third-order valence-electron chi connectivity index (χ3n) is 1.72. The summed E-state index contributed by atoms with van der Waals surface area (Å²) in [5.74, 6) is -0.292. The van der Waals surface area contributed by atoms with Crippen LogP contribution in [0, 0.1) is 0 Å². The van der Waals surface area contributed by atoms with Gasteiger partial charge in [-0.2, -0.15) is 0 Å². The second-order valence-corrected chi connectivity index (χ2v) is 3.64. The molecule has 4 heteroatoms.